The molecule has 0 fully saturated rings. The van der Waals surface area contributed by atoms with Gasteiger partial charge in [-0.2, -0.15) is 0 Å². The average molecular weight is 674 g/mol. The number of ether oxygens (including phenoxy) is 2. The fourth-order valence-electron chi connectivity index (χ4n) is 7.43. The highest BCUT2D eigenvalue weighted by Crippen LogP contribution is 2.59. The van der Waals surface area contributed by atoms with E-state index in [2.05, 4.69) is 43.1 Å². The van der Waals surface area contributed by atoms with Crippen LogP contribution in [0.25, 0.3) is 10.8 Å². The van der Waals surface area contributed by atoms with E-state index in [1.54, 1.807) is 11.0 Å². The van der Waals surface area contributed by atoms with Crippen molar-refractivity contribution in [2.24, 2.45) is 5.92 Å². The molecule has 2 amide bonds. The lowest BCUT2D eigenvalue weighted by Gasteiger charge is -2.39. The summed E-state index contributed by atoms with van der Waals surface area (Å²) in [6, 6.07) is 42.3. The smallest absolute Gasteiger partial charge is 0.340 e. The van der Waals surface area contributed by atoms with Crippen molar-refractivity contribution in [3.05, 3.63) is 156 Å². The highest BCUT2D eigenvalue weighted by Gasteiger charge is 2.55. The van der Waals surface area contributed by atoms with Gasteiger partial charge in [0.05, 0.1) is 28.2 Å². The molecule has 0 aliphatic carbocycles. The highest BCUT2D eigenvalue weighted by atomic mass is 16.6. The molecule has 1 unspecified atom stereocenters. The van der Waals surface area contributed by atoms with Crippen LogP contribution in [0, 0.1) is 5.92 Å². The van der Waals surface area contributed by atoms with E-state index in [9.17, 15) is 4.79 Å². The Kier molecular flexibility index (Phi) is 8.19. The van der Waals surface area contributed by atoms with Crippen LogP contribution in [0.4, 0.5) is 27.5 Å². The molecular formula is C44H39N3O4. The number of urea groups is 1. The minimum Gasteiger partial charge on any atom is -0.456 e. The van der Waals surface area contributed by atoms with Gasteiger partial charge in [-0.25, -0.2) is 9.59 Å². The van der Waals surface area contributed by atoms with Crippen LogP contribution in [0.3, 0.4) is 0 Å². The zero-order valence-corrected chi connectivity index (χ0v) is 28.9. The Hall–Kier alpha value is -6.08. The number of esters is 1. The van der Waals surface area contributed by atoms with E-state index in [0.717, 1.165) is 36.0 Å². The second-order valence-electron chi connectivity index (χ2n) is 13.4. The summed E-state index contributed by atoms with van der Waals surface area (Å²) in [5.74, 6) is 1.21. The third kappa shape index (κ3) is 5.46. The number of nitrogens with zero attached hydrogens (tertiary/aromatic N) is 2. The van der Waals surface area contributed by atoms with E-state index >= 15 is 4.79 Å². The van der Waals surface area contributed by atoms with Gasteiger partial charge >= 0.3 is 12.0 Å². The number of hydrogen-bond donors (Lipinski definition) is 1. The van der Waals surface area contributed by atoms with E-state index in [-0.39, 0.29) is 6.03 Å². The molecule has 1 spiro atoms. The third-order valence-electron chi connectivity index (χ3n) is 9.90. The number of hydrogen-bond acceptors (Lipinski definition) is 5. The van der Waals surface area contributed by atoms with Crippen molar-refractivity contribution in [3.63, 3.8) is 0 Å². The second kappa shape index (κ2) is 13.0. The maximum Gasteiger partial charge on any atom is 0.340 e. The molecule has 1 atom stereocenters. The monoisotopic (exact) mass is 673 g/mol. The molecular weight excluding hydrogens is 635 g/mol. The van der Waals surface area contributed by atoms with E-state index < -0.39 is 11.6 Å². The predicted molar refractivity (Wildman–Crippen MR) is 204 cm³/mol. The van der Waals surface area contributed by atoms with Crippen LogP contribution in [0.1, 0.15) is 54.2 Å². The molecule has 6 aromatic carbocycles. The predicted octanol–water partition coefficient (Wildman–Crippen LogP) is 10.7. The number of amides is 2. The number of carbonyl (C=O) groups is 2. The Balaban J connectivity index is 1.35. The molecule has 2 aliphatic heterocycles. The molecule has 0 aromatic heterocycles. The van der Waals surface area contributed by atoms with Crippen LogP contribution in [-0.2, 0) is 10.3 Å². The largest absolute Gasteiger partial charge is 0.456 e. The lowest BCUT2D eigenvalue weighted by Crippen LogP contribution is -2.38. The number of rotatable bonds is 8. The topological polar surface area (TPSA) is 71.1 Å². The Bertz CT molecular complexity index is 2290. The van der Waals surface area contributed by atoms with Crippen LogP contribution in [0.5, 0.6) is 11.5 Å². The van der Waals surface area contributed by atoms with Gasteiger partial charge in [-0.05, 0) is 73.2 Å². The molecule has 1 N–H and O–H groups in total. The number of fused-ring (bicyclic) bond motifs is 7. The normalized spacial score (nSPS) is 15.5. The number of anilines is 4. The molecule has 2 aliphatic rings. The summed E-state index contributed by atoms with van der Waals surface area (Å²) in [6.07, 6.45) is 1.04. The van der Waals surface area contributed by atoms with Gasteiger partial charge in [0.25, 0.3) is 0 Å². The van der Waals surface area contributed by atoms with Gasteiger partial charge in [-0.15, -0.1) is 0 Å². The summed E-state index contributed by atoms with van der Waals surface area (Å²) >= 11 is 0. The van der Waals surface area contributed by atoms with E-state index in [1.165, 1.54) is 0 Å². The lowest BCUT2D eigenvalue weighted by atomic mass is 9.76. The molecule has 0 bridgehead atoms. The van der Waals surface area contributed by atoms with E-state index in [0.29, 0.717) is 56.7 Å². The standard InChI is InChI=1S/C44H39N3O4/c1-4-46(27-26-29(2)3)31-16-12-17-32(28-31)47(43(49)45-37-22-11-15-30-14-5-6-18-33(30)37)38-23-13-25-40-41(38)44(36-21-9-10-24-39(36)50-40)35-20-8-7-19-34(35)42(48)51-44/h5-25,28-29H,4,26-27H2,1-3H3,(H,45,49). The molecule has 0 saturated heterocycles. The number of carbonyl (C=O) groups excluding carboxylic acids is 2. The molecule has 254 valence electrons. The van der Waals surface area contributed by atoms with Gasteiger partial charge in [0.1, 0.15) is 11.5 Å². The molecule has 0 radical (unpaired) electrons. The Labute approximate surface area is 298 Å². The van der Waals surface area contributed by atoms with E-state index in [1.807, 2.05) is 115 Å². The first-order valence-electron chi connectivity index (χ1n) is 17.6. The van der Waals surface area contributed by atoms with Gasteiger partial charge in [-0.1, -0.05) is 98.8 Å². The summed E-state index contributed by atoms with van der Waals surface area (Å²) in [5.41, 5.74) is 3.98. The highest BCUT2D eigenvalue weighted by molar-refractivity contribution is 6.12. The zero-order chi connectivity index (χ0) is 35.1. The SMILES string of the molecule is CCN(CCC(C)C)c1cccc(N(C(=O)Nc2cccc3ccccc23)c2cccc3c2C2(OC(=O)c4ccccc42)c2ccccc2O3)c1. The summed E-state index contributed by atoms with van der Waals surface area (Å²) in [4.78, 5) is 32.8. The third-order valence-corrected chi connectivity index (χ3v) is 9.90. The summed E-state index contributed by atoms with van der Waals surface area (Å²) in [5, 5.41) is 5.19. The van der Waals surface area contributed by atoms with Crippen molar-refractivity contribution in [1.29, 1.82) is 0 Å². The maximum absolute atomic E-state index is 15.0. The van der Waals surface area contributed by atoms with Crippen LogP contribution in [0.15, 0.2) is 133 Å². The molecule has 2 heterocycles. The van der Waals surface area contributed by atoms with Gasteiger partial charge in [-0.3, -0.25) is 4.90 Å². The van der Waals surface area contributed by atoms with Crippen LogP contribution < -0.4 is 19.9 Å². The van der Waals surface area contributed by atoms with Crippen molar-refractivity contribution in [1.82, 2.24) is 0 Å². The summed E-state index contributed by atoms with van der Waals surface area (Å²) in [7, 11) is 0. The Morgan fingerprint density at radius 2 is 1.45 bits per heavy atom. The summed E-state index contributed by atoms with van der Waals surface area (Å²) < 4.78 is 13.1. The molecule has 7 heteroatoms. The first-order valence-corrected chi connectivity index (χ1v) is 17.6. The molecule has 7 nitrogen and oxygen atoms in total. The minimum atomic E-state index is -1.36. The number of benzene rings is 6. The molecule has 6 aromatic rings. The Morgan fingerprint density at radius 1 is 0.765 bits per heavy atom. The number of nitrogens with one attached hydrogen (secondary N) is 1. The van der Waals surface area contributed by atoms with Gasteiger partial charge in [0.2, 0.25) is 0 Å². The second-order valence-corrected chi connectivity index (χ2v) is 13.4. The van der Waals surface area contributed by atoms with Crippen molar-refractivity contribution in [2.75, 3.05) is 28.2 Å². The average Bonchev–Trinajstić information content (AvgIpc) is 3.44. The number of para-hydroxylation sites is 1. The van der Waals surface area contributed by atoms with Crippen LogP contribution in [-0.4, -0.2) is 25.1 Å². The quantitative estimate of drug-likeness (QED) is 0.163. The van der Waals surface area contributed by atoms with E-state index in [4.69, 9.17) is 9.47 Å². The molecule has 0 saturated carbocycles. The summed E-state index contributed by atoms with van der Waals surface area (Å²) in [6.45, 7) is 8.31. The Morgan fingerprint density at radius 3 is 2.29 bits per heavy atom. The van der Waals surface area contributed by atoms with Gasteiger partial charge in [0.15, 0.2) is 5.60 Å². The van der Waals surface area contributed by atoms with Crippen molar-refractivity contribution in [3.8, 4) is 11.5 Å². The minimum absolute atomic E-state index is 0.367. The maximum atomic E-state index is 15.0. The van der Waals surface area contributed by atoms with Gasteiger partial charge < -0.3 is 19.7 Å². The van der Waals surface area contributed by atoms with Crippen molar-refractivity contribution in [2.45, 2.75) is 32.8 Å². The van der Waals surface area contributed by atoms with Crippen LogP contribution in [0.2, 0.25) is 0 Å². The first-order chi connectivity index (χ1) is 24.9. The van der Waals surface area contributed by atoms with Gasteiger partial charge in [0, 0.05) is 35.3 Å². The fraction of sp³-hybridized carbons (Fsp3) is 0.182. The van der Waals surface area contributed by atoms with Crippen molar-refractivity contribution < 1.29 is 19.1 Å². The molecule has 51 heavy (non-hydrogen) atoms. The van der Waals surface area contributed by atoms with Crippen molar-refractivity contribution >= 4 is 45.5 Å². The fourth-order valence-corrected chi connectivity index (χ4v) is 7.43. The first kappa shape index (κ1) is 32.1. The van der Waals surface area contributed by atoms with Crippen LogP contribution >= 0.6 is 0 Å². The molecule has 8 rings (SSSR count). The lowest BCUT2D eigenvalue weighted by molar-refractivity contribution is 0.0226. The zero-order valence-electron chi connectivity index (χ0n) is 28.9.